The molecule has 10 nitrogen and oxygen atoms in total. The molecule has 0 unspecified atom stereocenters. The zero-order valence-electron chi connectivity index (χ0n) is 23.6. The summed E-state index contributed by atoms with van der Waals surface area (Å²) in [5.74, 6) is 7.14. The number of fused-ring (bicyclic) bond motifs is 2. The molecule has 0 radical (unpaired) electrons. The van der Waals surface area contributed by atoms with Crippen LogP contribution in [-0.2, 0) is 10.0 Å². The zero-order valence-corrected chi connectivity index (χ0v) is 24.4. The predicted octanol–water partition coefficient (Wildman–Crippen LogP) is 3.75. The highest BCUT2D eigenvalue weighted by Gasteiger charge is 2.38. The van der Waals surface area contributed by atoms with E-state index in [0.717, 1.165) is 5.56 Å². The summed E-state index contributed by atoms with van der Waals surface area (Å²) in [6, 6.07) is 18.3. The highest BCUT2D eigenvalue weighted by molar-refractivity contribution is 7.89. The van der Waals surface area contributed by atoms with E-state index in [4.69, 9.17) is 14.2 Å². The highest BCUT2D eigenvalue weighted by atomic mass is 32.2. The first kappa shape index (κ1) is 29.3. The van der Waals surface area contributed by atoms with Gasteiger partial charge in [0.05, 0.1) is 13.2 Å². The second-order valence-electron chi connectivity index (χ2n) is 10.4. The molecule has 2 aliphatic rings. The summed E-state index contributed by atoms with van der Waals surface area (Å²) in [5, 5.41) is 12.7. The van der Waals surface area contributed by atoms with Crippen LogP contribution in [0.4, 0.5) is 10.5 Å². The molecule has 2 aliphatic heterocycles. The molecular formula is C31H33N3O7S. The van der Waals surface area contributed by atoms with E-state index in [9.17, 15) is 18.3 Å². The molecule has 2 N–H and O–H groups in total. The van der Waals surface area contributed by atoms with Crippen molar-refractivity contribution in [2.75, 3.05) is 38.9 Å². The van der Waals surface area contributed by atoms with Crippen molar-refractivity contribution in [1.82, 2.24) is 9.21 Å². The average Bonchev–Trinajstić information content (AvgIpc) is 3.46. The number of nitrogens with one attached hydrogen (secondary N) is 1. The Morgan fingerprint density at radius 1 is 1.05 bits per heavy atom. The van der Waals surface area contributed by atoms with Gasteiger partial charge in [0.2, 0.25) is 16.8 Å². The van der Waals surface area contributed by atoms with Gasteiger partial charge < -0.3 is 29.5 Å². The number of rotatable bonds is 5. The van der Waals surface area contributed by atoms with Crippen LogP contribution < -0.4 is 19.5 Å². The van der Waals surface area contributed by atoms with Gasteiger partial charge >= 0.3 is 6.03 Å². The number of sulfonamides is 1. The first-order valence-corrected chi connectivity index (χ1v) is 15.0. The lowest BCUT2D eigenvalue weighted by Crippen LogP contribution is -2.50. The largest absolute Gasteiger partial charge is 0.487 e. The van der Waals surface area contributed by atoms with E-state index in [2.05, 4.69) is 17.2 Å². The van der Waals surface area contributed by atoms with E-state index < -0.39 is 22.2 Å². The summed E-state index contributed by atoms with van der Waals surface area (Å²) >= 11 is 0. The van der Waals surface area contributed by atoms with E-state index in [-0.39, 0.29) is 49.1 Å². The number of aliphatic hydroxyl groups is 1. The molecule has 220 valence electrons. The minimum atomic E-state index is -4.00. The van der Waals surface area contributed by atoms with Crippen LogP contribution in [0, 0.1) is 17.8 Å². The molecule has 2 heterocycles. The second-order valence-corrected chi connectivity index (χ2v) is 12.3. The third-order valence-electron chi connectivity index (χ3n) is 7.22. The number of carbonyl (C=O) groups is 1. The molecule has 0 aromatic heterocycles. The van der Waals surface area contributed by atoms with Gasteiger partial charge in [0.25, 0.3) is 0 Å². The van der Waals surface area contributed by atoms with Crippen molar-refractivity contribution < 1.29 is 32.5 Å². The molecule has 3 atom stereocenters. The summed E-state index contributed by atoms with van der Waals surface area (Å²) in [4.78, 5) is 14.6. The van der Waals surface area contributed by atoms with Crippen LogP contribution >= 0.6 is 0 Å². The minimum Gasteiger partial charge on any atom is -0.487 e. The van der Waals surface area contributed by atoms with E-state index in [1.54, 1.807) is 44.3 Å². The van der Waals surface area contributed by atoms with Crippen LogP contribution in [0.15, 0.2) is 71.6 Å². The molecule has 2 amide bonds. The molecule has 0 fully saturated rings. The van der Waals surface area contributed by atoms with Crippen molar-refractivity contribution in [3.63, 3.8) is 0 Å². The molecule has 3 aromatic carbocycles. The Hall–Kier alpha value is -4.24. The summed E-state index contributed by atoms with van der Waals surface area (Å²) in [5.41, 5.74) is 1.95. The van der Waals surface area contributed by atoms with E-state index in [0.29, 0.717) is 22.7 Å². The maximum absolute atomic E-state index is 13.7. The van der Waals surface area contributed by atoms with Crippen molar-refractivity contribution >= 4 is 21.7 Å². The first-order chi connectivity index (χ1) is 20.2. The summed E-state index contributed by atoms with van der Waals surface area (Å²) in [7, 11) is -2.36. The van der Waals surface area contributed by atoms with Gasteiger partial charge in [-0.1, -0.05) is 37.0 Å². The molecular weight excluding hydrogens is 558 g/mol. The first-order valence-electron chi connectivity index (χ1n) is 13.6. The van der Waals surface area contributed by atoms with Gasteiger partial charge in [-0.05, 0) is 49.4 Å². The average molecular weight is 592 g/mol. The number of carbonyl (C=O) groups excluding carboxylic acids is 1. The normalized spacial score (nSPS) is 19.6. The second kappa shape index (κ2) is 12.3. The molecule has 0 saturated carbocycles. The molecule has 0 saturated heterocycles. The van der Waals surface area contributed by atoms with E-state index in [1.165, 1.54) is 15.3 Å². The van der Waals surface area contributed by atoms with Crippen LogP contribution in [0.1, 0.15) is 25.0 Å². The quantitative estimate of drug-likeness (QED) is 0.434. The van der Waals surface area contributed by atoms with Crippen LogP contribution in [0.25, 0.3) is 0 Å². The molecule has 0 spiro atoms. The zero-order chi connectivity index (χ0) is 29.9. The Bertz CT molecular complexity index is 1620. The maximum atomic E-state index is 13.7. The predicted molar refractivity (Wildman–Crippen MR) is 157 cm³/mol. The number of hydrogen-bond donors (Lipinski definition) is 2. The number of urea groups is 1. The van der Waals surface area contributed by atoms with Gasteiger partial charge in [-0.25, -0.2) is 13.2 Å². The Morgan fingerprint density at radius 3 is 2.55 bits per heavy atom. The Balaban J connectivity index is 1.42. The van der Waals surface area contributed by atoms with Crippen LogP contribution in [0.3, 0.4) is 0 Å². The summed E-state index contributed by atoms with van der Waals surface area (Å²) < 4.78 is 45.9. The maximum Gasteiger partial charge on any atom is 0.321 e. The lowest BCUT2D eigenvalue weighted by atomic mass is 10.0. The number of likely N-dealkylation sites (N-methyl/N-ethyl adjacent to an activating group) is 1. The molecule has 0 aliphatic carbocycles. The lowest BCUT2D eigenvalue weighted by Gasteiger charge is -2.37. The molecule has 11 heteroatoms. The van der Waals surface area contributed by atoms with Crippen LogP contribution in [-0.4, -0.2) is 74.4 Å². The number of nitrogens with zero attached hydrogens (tertiary/aromatic N) is 2. The fourth-order valence-corrected chi connectivity index (χ4v) is 6.56. The molecule has 0 bridgehead atoms. The number of hydrogen-bond acceptors (Lipinski definition) is 7. The standard InChI is InChI=1S/C31H33N3O7S/c1-21-17-34(22(2)19-35)42(37,38)30-14-11-24(10-9-23-7-5-4-6-8-23)15-28(30)41-29(21)18-33(3)31(36)32-25-12-13-26-27(16-25)40-20-39-26/h4-8,11-16,21-22,29,35H,17-20H2,1-3H3,(H,32,36)/t21-,22-,29+/m0/s1. The van der Waals surface area contributed by atoms with Gasteiger partial charge in [-0.3, -0.25) is 0 Å². The Kier molecular flexibility index (Phi) is 8.59. The molecule has 3 aromatic rings. The third-order valence-corrected chi connectivity index (χ3v) is 9.24. The number of aliphatic hydroxyl groups excluding tert-OH is 1. The summed E-state index contributed by atoms with van der Waals surface area (Å²) in [6.07, 6.45) is -0.572. The monoisotopic (exact) mass is 591 g/mol. The Labute approximate surface area is 245 Å². The number of amides is 2. The summed E-state index contributed by atoms with van der Waals surface area (Å²) in [6.45, 7) is 3.58. The van der Waals surface area contributed by atoms with Gasteiger partial charge in [0.1, 0.15) is 16.7 Å². The van der Waals surface area contributed by atoms with E-state index >= 15 is 0 Å². The van der Waals surface area contributed by atoms with E-state index in [1.807, 2.05) is 37.3 Å². The minimum absolute atomic E-state index is 0.0163. The van der Waals surface area contributed by atoms with Crippen molar-refractivity contribution in [3.8, 4) is 29.1 Å². The SMILES string of the molecule is C[C@H]1CN([C@@H](C)CO)S(=O)(=O)c2ccc(C#Cc3ccccc3)cc2O[C@@H]1CN(C)C(=O)Nc1ccc2c(c1)OCO2. The number of benzene rings is 3. The molecule has 5 rings (SSSR count). The van der Waals surface area contributed by atoms with Crippen LogP contribution in [0.2, 0.25) is 0 Å². The Morgan fingerprint density at radius 2 is 1.79 bits per heavy atom. The smallest absolute Gasteiger partial charge is 0.321 e. The van der Waals surface area contributed by atoms with Gasteiger partial charge in [0.15, 0.2) is 11.5 Å². The topological polar surface area (TPSA) is 118 Å². The van der Waals surface area contributed by atoms with Crippen molar-refractivity contribution in [1.29, 1.82) is 0 Å². The lowest BCUT2D eigenvalue weighted by molar-refractivity contribution is 0.0830. The fraction of sp³-hybridized carbons (Fsp3) is 0.323. The van der Waals surface area contributed by atoms with Gasteiger partial charge in [0, 0.05) is 48.4 Å². The molecule has 42 heavy (non-hydrogen) atoms. The number of anilines is 1. The van der Waals surface area contributed by atoms with Crippen molar-refractivity contribution in [2.24, 2.45) is 5.92 Å². The van der Waals surface area contributed by atoms with Crippen molar-refractivity contribution in [2.45, 2.75) is 30.9 Å². The third kappa shape index (κ3) is 6.31. The number of ether oxygens (including phenoxy) is 3. The van der Waals surface area contributed by atoms with Gasteiger partial charge in [-0.2, -0.15) is 4.31 Å². The van der Waals surface area contributed by atoms with Crippen molar-refractivity contribution in [3.05, 3.63) is 77.9 Å². The highest BCUT2D eigenvalue weighted by Crippen LogP contribution is 2.35. The fourth-order valence-electron chi connectivity index (χ4n) is 4.73. The van der Waals surface area contributed by atoms with Gasteiger partial charge in [-0.15, -0.1) is 0 Å². The van der Waals surface area contributed by atoms with Crippen LogP contribution in [0.5, 0.6) is 17.2 Å².